The van der Waals surface area contributed by atoms with Gasteiger partial charge in [-0.1, -0.05) is 28.1 Å². The Hall–Kier alpha value is -2.30. The van der Waals surface area contributed by atoms with Crippen LogP contribution in [-0.4, -0.2) is 24.6 Å². The number of hydrogen-bond acceptors (Lipinski definition) is 5. The second-order valence-electron chi connectivity index (χ2n) is 6.77. The summed E-state index contributed by atoms with van der Waals surface area (Å²) in [6.07, 6.45) is 0. The van der Waals surface area contributed by atoms with Crippen LogP contribution < -0.4 is 10.0 Å². The molecule has 0 spiro atoms. The van der Waals surface area contributed by atoms with Crippen molar-refractivity contribution in [3.8, 4) is 11.3 Å². The van der Waals surface area contributed by atoms with Crippen LogP contribution in [0, 0.1) is 12.7 Å². The molecule has 6 nitrogen and oxygen atoms in total. The predicted octanol–water partition coefficient (Wildman–Crippen LogP) is 5.42. The van der Waals surface area contributed by atoms with E-state index in [9.17, 15) is 17.6 Å². The average Bonchev–Trinajstić information content (AvgIpc) is 3.02. The molecule has 10 heteroatoms. The maximum Gasteiger partial charge on any atom is 0.259 e. The van der Waals surface area contributed by atoms with Crippen molar-refractivity contribution < 1.29 is 17.6 Å². The third-order valence-corrected chi connectivity index (χ3v) is 7.39. The number of aromatic nitrogens is 1. The summed E-state index contributed by atoms with van der Waals surface area (Å²) in [6.45, 7) is 4.87. The molecule has 1 amide bonds. The number of nitrogens with zero attached hydrogens (tertiary/aromatic N) is 1. The van der Waals surface area contributed by atoms with E-state index in [0.29, 0.717) is 5.13 Å². The summed E-state index contributed by atoms with van der Waals surface area (Å²) in [5.74, 6) is -1.25. The Labute approximate surface area is 186 Å². The first-order valence-corrected chi connectivity index (χ1v) is 12.1. The lowest BCUT2D eigenvalue weighted by Gasteiger charge is -2.14. The first-order valence-electron chi connectivity index (χ1n) is 8.92. The summed E-state index contributed by atoms with van der Waals surface area (Å²) in [6, 6.07) is 10.9. The minimum atomic E-state index is -3.75. The van der Waals surface area contributed by atoms with E-state index in [0.717, 1.165) is 32.7 Å². The van der Waals surface area contributed by atoms with E-state index >= 15 is 0 Å². The van der Waals surface area contributed by atoms with Crippen molar-refractivity contribution >= 4 is 54.0 Å². The number of thiazole rings is 1. The van der Waals surface area contributed by atoms with Crippen molar-refractivity contribution in [3.05, 3.63) is 63.2 Å². The number of hydrogen-bond donors (Lipinski definition) is 2. The standard InChI is InChI=1S/C20H19BrFN3O3S2/c1-11(2)30(27,28)25-17-10-15(22)8-9-16(17)19(26)24-20-23-18(12(3)29-20)13-4-6-14(21)7-5-13/h4-11,25H,1-3H3,(H,23,24,26). The number of amides is 1. The number of sulfonamides is 1. The molecule has 3 rings (SSSR count). The number of rotatable bonds is 6. The fraction of sp³-hybridized carbons (Fsp3) is 0.200. The van der Waals surface area contributed by atoms with Crippen LogP contribution in [0.3, 0.4) is 0 Å². The predicted molar refractivity (Wildman–Crippen MR) is 122 cm³/mol. The van der Waals surface area contributed by atoms with E-state index in [1.807, 2.05) is 31.2 Å². The van der Waals surface area contributed by atoms with Gasteiger partial charge in [-0.3, -0.25) is 14.8 Å². The highest BCUT2D eigenvalue weighted by Crippen LogP contribution is 2.31. The van der Waals surface area contributed by atoms with E-state index in [1.165, 1.54) is 31.3 Å². The number of benzene rings is 2. The van der Waals surface area contributed by atoms with Crippen LogP contribution in [0.2, 0.25) is 0 Å². The molecule has 158 valence electrons. The average molecular weight is 512 g/mol. The summed E-state index contributed by atoms with van der Waals surface area (Å²) >= 11 is 4.69. The molecule has 0 radical (unpaired) electrons. The van der Waals surface area contributed by atoms with Crippen LogP contribution in [0.25, 0.3) is 11.3 Å². The van der Waals surface area contributed by atoms with Gasteiger partial charge in [0.15, 0.2) is 5.13 Å². The first kappa shape index (κ1) is 22.4. The van der Waals surface area contributed by atoms with Gasteiger partial charge in [0, 0.05) is 14.9 Å². The summed E-state index contributed by atoms with van der Waals surface area (Å²) in [4.78, 5) is 18.2. The molecule has 2 aromatic carbocycles. The van der Waals surface area contributed by atoms with Gasteiger partial charge in [0.25, 0.3) is 5.91 Å². The molecule has 0 fully saturated rings. The van der Waals surface area contributed by atoms with Gasteiger partial charge in [0.05, 0.1) is 22.2 Å². The molecule has 30 heavy (non-hydrogen) atoms. The number of halogens is 2. The lowest BCUT2D eigenvalue weighted by Crippen LogP contribution is -2.24. The zero-order chi connectivity index (χ0) is 22.1. The van der Waals surface area contributed by atoms with E-state index in [4.69, 9.17) is 0 Å². The van der Waals surface area contributed by atoms with Crippen molar-refractivity contribution in [3.63, 3.8) is 0 Å². The third kappa shape index (κ3) is 5.05. The number of carbonyl (C=O) groups is 1. The van der Waals surface area contributed by atoms with Gasteiger partial charge in [-0.15, -0.1) is 11.3 Å². The molecule has 0 bridgehead atoms. The highest BCUT2D eigenvalue weighted by Gasteiger charge is 2.21. The van der Waals surface area contributed by atoms with E-state index in [-0.39, 0.29) is 11.3 Å². The molecule has 0 saturated heterocycles. The zero-order valence-corrected chi connectivity index (χ0v) is 19.6. The molecule has 1 heterocycles. The van der Waals surface area contributed by atoms with Gasteiger partial charge >= 0.3 is 0 Å². The monoisotopic (exact) mass is 511 g/mol. The smallest absolute Gasteiger partial charge is 0.259 e. The van der Waals surface area contributed by atoms with Crippen molar-refractivity contribution in [1.82, 2.24) is 4.98 Å². The Kier molecular flexibility index (Phi) is 6.59. The highest BCUT2D eigenvalue weighted by molar-refractivity contribution is 9.10. The summed E-state index contributed by atoms with van der Waals surface area (Å²) in [5, 5.41) is 2.29. The lowest BCUT2D eigenvalue weighted by atomic mass is 10.1. The van der Waals surface area contributed by atoms with Gasteiger partial charge in [-0.25, -0.2) is 17.8 Å². The maximum atomic E-state index is 13.7. The third-order valence-electron chi connectivity index (χ3n) is 4.23. The van der Waals surface area contributed by atoms with Gasteiger partial charge < -0.3 is 0 Å². The molecule has 0 saturated carbocycles. The Morgan fingerprint density at radius 1 is 1.17 bits per heavy atom. The number of nitrogens with one attached hydrogen (secondary N) is 2. The molecule has 1 aromatic heterocycles. The fourth-order valence-electron chi connectivity index (χ4n) is 2.56. The van der Waals surface area contributed by atoms with Crippen LogP contribution in [0.5, 0.6) is 0 Å². The topological polar surface area (TPSA) is 88.2 Å². The van der Waals surface area contributed by atoms with Crippen molar-refractivity contribution in [2.45, 2.75) is 26.0 Å². The van der Waals surface area contributed by atoms with Gasteiger partial charge in [0.2, 0.25) is 10.0 Å². The highest BCUT2D eigenvalue weighted by atomic mass is 79.9. The molecule has 2 N–H and O–H groups in total. The Bertz CT molecular complexity index is 1190. The summed E-state index contributed by atoms with van der Waals surface area (Å²) in [7, 11) is -3.75. The van der Waals surface area contributed by atoms with Crippen LogP contribution in [0.15, 0.2) is 46.9 Å². The van der Waals surface area contributed by atoms with Crippen LogP contribution in [0.1, 0.15) is 29.1 Å². The maximum absolute atomic E-state index is 13.7. The largest absolute Gasteiger partial charge is 0.298 e. The SMILES string of the molecule is Cc1sc(NC(=O)c2ccc(F)cc2NS(=O)(=O)C(C)C)nc1-c1ccc(Br)cc1. The normalized spacial score (nSPS) is 11.5. The van der Waals surface area contributed by atoms with Crippen molar-refractivity contribution in [1.29, 1.82) is 0 Å². The number of anilines is 2. The molecular weight excluding hydrogens is 493 g/mol. The Balaban J connectivity index is 1.88. The Morgan fingerprint density at radius 3 is 2.47 bits per heavy atom. The van der Waals surface area contributed by atoms with Crippen LogP contribution >= 0.6 is 27.3 Å². The molecule has 0 atom stereocenters. The van der Waals surface area contributed by atoms with Crippen LogP contribution in [-0.2, 0) is 10.0 Å². The summed E-state index contributed by atoms with van der Waals surface area (Å²) in [5.41, 5.74) is 1.52. The van der Waals surface area contributed by atoms with Crippen molar-refractivity contribution in [2.75, 3.05) is 10.0 Å². The molecular formula is C20H19BrFN3O3S2. The van der Waals surface area contributed by atoms with E-state index < -0.39 is 27.0 Å². The number of carbonyl (C=O) groups excluding carboxylic acids is 1. The Morgan fingerprint density at radius 2 is 1.83 bits per heavy atom. The molecule has 0 aliphatic carbocycles. The quantitative estimate of drug-likeness (QED) is 0.462. The molecule has 0 aliphatic heterocycles. The minimum absolute atomic E-state index is 0.00123. The molecule has 3 aromatic rings. The molecule has 0 unspecified atom stereocenters. The zero-order valence-electron chi connectivity index (χ0n) is 16.4. The number of aryl methyl sites for hydroxylation is 1. The van der Waals surface area contributed by atoms with E-state index in [1.54, 1.807) is 0 Å². The van der Waals surface area contributed by atoms with E-state index in [2.05, 4.69) is 31.0 Å². The van der Waals surface area contributed by atoms with Gasteiger partial charge in [-0.2, -0.15) is 0 Å². The lowest BCUT2D eigenvalue weighted by molar-refractivity contribution is 0.102. The van der Waals surface area contributed by atoms with Crippen LogP contribution in [0.4, 0.5) is 15.2 Å². The minimum Gasteiger partial charge on any atom is -0.298 e. The second kappa shape index (κ2) is 8.83. The first-order chi connectivity index (χ1) is 14.1. The van der Waals surface area contributed by atoms with Gasteiger partial charge in [-0.05, 0) is 51.1 Å². The fourth-order valence-corrected chi connectivity index (χ4v) is 4.37. The molecule has 0 aliphatic rings. The van der Waals surface area contributed by atoms with Gasteiger partial charge in [0.1, 0.15) is 5.82 Å². The summed E-state index contributed by atoms with van der Waals surface area (Å²) < 4.78 is 41.3. The van der Waals surface area contributed by atoms with Crippen molar-refractivity contribution in [2.24, 2.45) is 0 Å². The second-order valence-corrected chi connectivity index (χ2v) is 11.1.